The van der Waals surface area contributed by atoms with Gasteiger partial charge in [0.2, 0.25) is 0 Å². The Morgan fingerprint density at radius 3 is 2.50 bits per heavy atom. The van der Waals surface area contributed by atoms with E-state index >= 15 is 0 Å². The van der Waals surface area contributed by atoms with Gasteiger partial charge in [-0.1, -0.05) is 49.3 Å². The maximum Gasteiger partial charge on any atom is 0.00210 e. The summed E-state index contributed by atoms with van der Waals surface area (Å²) in [6, 6.07) is 0. The number of hydrogen-bond acceptors (Lipinski definition) is 0. The highest BCUT2D eigenvalue weighted by Gasteiger charge is 1.95. The minimum atomic E-state index is 0.940. The van der Waals surface area contributed by atoms with Crippen LogP contribution in [0.5, 0.6) is 0 Å². The number of unbranched alkanes of at least 4 members (excludes halogenated alkanes) is 1. The molecule has 0 aliphatic heterocycles. The van der Waals surface area contributed by atoms with Gasteiger partial charge in [0.05, 0.1) is 0 Å². The van der Waals surface area contributed by atoms with Crippen LogP contribution in [0.25, 0.3) is 0 Å². The lowest BCUT2D eigenvalue weighted by Gasteiger charge is -2.03. The molecule has 0 rings (SSSR count). The molecule has 0 saturated carbocycles. The highest BCUT2D eigenvalue weighted by Crippen LogP contribution is 2.09. The van der Waals surface area contributed by atoms with Crippen LogP contribution >= 0.6 is 22.6 Å². The zero-order chi connectivity index (χ0) is 6.41. The zero-order valence-electron chi connectivity index (χ0n) is 5.78. The Kier molecular flexibility index (Phi) is 6.39. The Morgan fingerprint density at radius 2 is 2.12 bits per heavy atom. The quantitative estimate of drug-likeness (QED) is 0.509. The summed E-state index contributed by atoms with van der Waals surface area (Å²) in [5, 5.41) is 0. The molecule has 0 aromatic heterocycles. The second-order valence-electron chi connectivity index (χ2n) is 2.40. The van der Waals surface area contributed by atoms with Gasteiger partial charge < -0.3 is 0 Å². The van der Waals surface area contributed by atoms with Crippen LogP contribution in [-0.4, -0.2) is 4.43 Å². The van der Waals surface area contributed by atoms with Crippen LogP contribution in [0.4, 0.5) is 0 Å². The van der Waals surface area contributed by atoms with Gasteiger partial charge in [-0.2, -0.15) is 0 Å². The largest absolute Gasteiger partial charge is 0.0861 e. The van der Waals surface area contributed by atoms with E-state index in [1.165, 1.54) is 23.7 Å². The van der Waals surface area contributed by atoms with Crippen molar-refractivity contribution in [2.45, 2.75) is 33.1 Å². The van der Waals surface area contributed by atoms with Gasteiger partial charge >= 0.3 is 0 Å². The van der Waals surface area contributed by atoms with E-state index in [9.17, 15) is 0 Å². The van der Waals surface area contributed by atoms with Crippen LogP contribution < -0.4 is 0 Å². The average molecular weight is 226 g/mol. The van der Waals surface area contributed by atoms with Crippen LogP contribution in [0, 0.1) is 5.92 Å². The van der Waals surface area contributed by atoms with Crippen molar-refractivity contribution in [1.82, 2.24) is 0 Å². The molecule has 0 saturated heterocycles. The van der Waals surface area contributed by atoms with Gasteiger partial charge in [0, 0.05) is 4.43 Å². The lowest BCUT2D eigenvalue weighted by molar-refractivity contribution is 0.564. The smallest absolute Gasteiger partial charge is 0.00210 e. The van der Waals surface area contributed by atoms with Crippen molar-refractivity contribution in [3.8, 4) is 0 Å². The van der Waals surface area contributed by atoms with Crippen molar-refractivity contribution < 1.29 is 0 Å². The SMILES string of the molecule is CCCCC(C)CI. The molecule has 1 heteroatoms. The molecule has 0 aliphatic rings. The third-order valence-corrected chi connectivity index (χ3v) is 2.82. The molecule has 50 valence electrons. The first kappa shape index (κ1) is 8.73. The van der Waals surface area contributed by atoms with E-state index in [2.05, 4.69) is 36.4 Å². The van der Waals surface area contributed by atoms with Gasteiger partial charge in [-0.3, -0.25) is 0 Å². The first-order valence-corrected chi connectivity index (χ1v) is 4.89. The molecule has 0 spiro atoms. The van der Waals surface area contributed by atoms with Crippen molar-refractivity contribution >= 4 is 22.6 Å². The van der Waals surface area contributed by atoms with Gasteiger partial charge in [-0.25, -0.2) is 0 Å². The van der Waals surface area contributed by atoms with E-state index in [0.717, 1.165) is 5.92 Å². The highest BCUT2D eigenvalue weighted by molar-refractivity contribution is 14.1. The monoisotopic (exact) mass is 226 g/mol. The summed E-state index contributed by atoms with van der Waals surface area (Å²) in [4.78, 5) is 0. The fourth-order valence-electron chi connectivity index (χ4n) is 0.630. The summed E-state index contributed by atoms with van der Waals surface area (Å²) in [5.41, 5.74) is 0. The molecule has 0 radical (unpaired) electrons. The molecule has 0 heterocycles. The first-order chi connectivity index (χ1) is 3.81. The molecule has 1 unspecified atom stereocenters. The van der Waals surface area contributed by atoms with Crippen molar-refractivity contribution in [1.29, 1.82) is 0 Å². The summed E-state index contributed by atoms with van der Waals surface area (Å²) in [7, 11) is 0. The Balaban J connectivity index is 2.86. The third kappa shape index (κ3) is 4.88. The van der Waals surface area contributed by atoms with Gasteiger partial charge in [0.15, 0.2) is 0 Å². The van der Waals surface area contributed by atoms with E-state index in [-0.39, 0.29) is 0 Å². The fourth-order valence-corrected chi connectivity index (χ4v) is 1.07. The Bertz CT molecular complexity index is 43.7. The minimum absolute atomic E-state index is 0.940. The molecule has 0 amide bonds. The number of rotatable bonds is 4. The van der Waals surface area contributed by atoms with Crippen molar-refractivity contribution in [2.75, 3.05) is 4.43 Å². The van der Waals surface area contributed by atoms with E-state index in [1.807, 2.05) is 0 Å². The van der Waals surface area contributed by atoms with Gasteiger partial charge in [-0.15, -0.1) is 0 Å². The molecule has 0 aliphatic carbocycles. The summed E-state index contributed by atoms with van der Waals surface area (Å²) >= 11 is 2.45. The summed E-state index contributed by atoms with van der Waals surface area (Å²) in [6.45, 7) is 4.57. The molecule has 0 nitrogen and oxygen atoms in total. The molecule has 0 aromatic carbocycles. The fraction of sp³-hybridized carbons (Fsp3) is 1.00. The summed E-state index contributed by atoms with van der Waals surface area (Å²) < 4.78 is 1.32. The lowest BCUT2D eigenvalue weighted by atomic mass is 10.1. The van der Waals surface area contributed by atoms with Crippen LogP contribution in [-0.2, 0) is 0 Å². The number of alkyl halides is 1. The zero-order valence-corrected chi connectivity index (χ0v) is 7.94. The van der Waals surface area contributed by atoms with Gasteiger partial charge in [0.1, 0.15) is 0 Å². The molecule has 0 bridgehead atoms. The molecule has 0 aromatic rings. The second-order valence-corrected chi connectivity index (χ2v) is 3.28. The van der Waals surface area contributed by atoms with Crippen molar-refractivity contribution in [3.63, 3.8) is 0 Å². The average Bonchev–Trinajstić information content (AvgIpc) is 1.83. The number of halogens is 1. The van der Waals surface area contributed by atoms with E-state index in [0.29, 0.717) is 0 Å². The predicted molar refractivity (Wildman–Crippen MR) is 47.6 cm³/mol. The molecular formula is C7H15I. The van der Waals surface area contributed by atoms with E-state index in [1.54, 1.807) is 0 Å². The molecular weight excluding hydrogens is 211 g/mol. The standard InChI is InChI=1S/C7H15I/c1-3-4-5-7(2)6-8/h7H,3-6H2,1-2H3. The Hall–Kier alpha value is 0.730. The third-order valence-electron chi connectivity index (χ3n) is 1.31. The second kappa shape index (κ2) is 5.86. The van der Waals surface area contributed by atoms with Gasteiger partial charge in [0.25, 0.3) is 0 Å². The van der Waals surface area contributed by atoms with Crippen molar-refractivity contribution in [3.05, 3.63) is 0 Å². The Labute approximate surface area is 66.2 Å². The maximum atomic E-state index is 2.45. The number of hydrogen-bond donors (Lipinski definition) is 0. The van der Waals surface area contributed by atoms with Crippen LogP contribution in [0.15, 0.2) is 0 Å². The first-order valence-electron chi connectivity index (χ1n) is 3.37. The molecule has 0 N–H and O–H groups in total. The minimum Gasteiger partial charge on any atom is -0.0861 e. The normalized spacial score (nSPS) is 13.9. The summed E-state index contributed by atoms with van der Waals surface area (Å²) in [6.07, 6.45) is 4.17. The lowest BCUT2D eigenvalue weighted by Crippen LogP contribution is -1.93. The van der Waals surface area contributed by atoms with Crippen LogP contribution in [0.1, 0.15) is 33.1 Å². The van der Waals surface area contributed by atoms with Crippen LogP contribution in [0.2, 0.25) is 0 Å². The van der Waals surface area contributed by atoms with Crippen LogP contribution in [0.3, 0.4) is 0 Å². The Morgan fingerprint density at radius 1 is 1.50 bits per heavy atom. The van der Waals surface area contributed by atoms with Crippen molar-refractivity contribution in [2.24, 2.45) is 5.92 Å². The van der Waals surface area contributed by atoms with Gasteiger partial charge in [-0.05, 0) is 12.3 Å². The molecule has 1 atom stereocenters. The highest BCUT2D eigenvalue weighted by atomic mass is 127. The van der Waals surface area contributed by atoms with E-state index in [4.69, 9.17) is 0 Å². The molecule has 0 fully saturated rings. The summed E-state index contributed by atoms with van der Waals surface area (Å²) in [5.74, 6) is 0.940. The molecule has 8 heavy (non-hydrogen) atoms. The maximum absolute atomic E-state index is 2.45. The predicted octanol–water partition coefficient (Wildman–Crippen LogP) is 3.25. The topological polar surface area (TPSA) is 0 Å². The van der Waals surface area contributed by atoms with E-state index < -0.39 is 0 Å².